The average Bonchev–Trinajstić information content (AvgIpc) is 3.51. The van der Waals surface area contributed by atoms with Gasteiger partial charge < -0.3 is 9.80 Å². The molecule has 0 aliphatic carbocycles. The molecule has 2 heterocycles. The number of fused-ring (bicyclic) bond motifs is 4. The van der Waals surface area contributed by atoms with Crippen molar-refractivity contribution < 1.29 is 0 Å². The van der Waals surface area contributed by atoms with Gasteiger partial charge in [0.1, 0.15) is 0 Å². The molecule has 75 heavy (non-hydrogen) atoms. The van der Waals surface area contributed by atoms with Gasteiger partial charge in [-0.25, -0.2) is 0 Å². The van der Waals surface area contributed by atoms with Gasteiger partial charge in [0.25, 0.3) is 6.71 Å². The number of hydrogen-bond acceptors (Lipinski definition) is 2. The minimum Gasteiger partial charge on any atom is -0.311 e. The van der Waals surface area contributed by atoms with Gasteiger partial charge in [0.05, 0.1) is 0 Å². The first-order chi connectivity index (χ1) is 37.3. The fourth-order valence-corrected chi connectivity index (χ4v) is 19.2. The summed E-state index contributed by atoms with van der Waals surface area (Å²) in [6.45, 7) is 7.97. The molecule has 2 nitrogen and oxygen atoms in total. The normalized spacial score (nSPS) is 12.6. The highest BCUT2D eigenvalue weighted by Gasteiger charge is 2.45. The van der Waals surface area contributed by atoms with E-state index in [4.69, 9.17) is 0 Å². The molecule has 0 saturated carbocycles. The molecule has 366 valence electrons. The Morgan fingerprint density at radius 2 is 0.533 bits per heavy atom. The summed E-state index contributed by atoms with van der Waals surface area (Å²) in [4.78, 5) is 15.5. The van der Waals surface area contributed by atoms with E-state index < -0.39 is 20.1 Å². The van der Waals surface area contributed by atoms with Crippen molar-refractivity contribution in [3.8, 4) is 0 Å². The molecular formula is C70H61BN2S2. The Kier molecular flexibility index (Phi) is 14.2. The highest BCUT2D eigenvalue weighted by molar-refractivity contribution is 8.34. The third-order valence-electron chi connectivity index (χ3n) is 14.3. The van der Waals surface area contributed by atoms with Gasteiger partial charge in [-0.2, -0.15) is 0 Å². The van der Waals surface area contributed by atoms with E-state index in [-0.39, 0.29) is 6.71 Å². The van der Waals surface area contributed by atoms with Gasteiger partial charge in [-0.1, -0.05) is 185 Å². The molecule has 0 N–H and O–H groups in total. The van der Waals surface area contributed by atoms with Crippen molar-refractivity contribution in [1.29, 1.82) is 0 Å². The SMILES string of the molecule is CC.CC.c1ccc(N2c3ccccc3B3c4cc(S(c5ccccc5)(c5ccccc5)c5ccccc5)ccc4N(c4ccc(S(c5ccccc5)(c5ccccc5)c5ccccc5)cc4)c4cccc2c43)cc1. The fourth-order valence-electron chi connectivity index (χ4n) is 11.4. The Hall–Kier alpha value is -8.22. The maximum Gasteiger partial charge on any atom is 0.252 e. The summed E-state index contributed by atoms with van der Waals surface area (Å²) in [5.41, 5.74) is 10.9. The Morgan fingerprint density at radius 1 is 0.240 bits per heavy atom. The van der Waals surface area contributed by atoms with Crippen LogP contribution in [0.4, 0.5) is 34.1 Å². The lowest BCUT2D eigenvalue weighted by molar-refractivity contribution is 1.21. The van der Waals surface area contributed by atoms with Crippen molar-refractivity contribution in [2.24, 2.45) is 0 Å². The summed E-state index contributed by atoms with van der Waals surface area (Å²) < 4.78 is 0. The maximum absolute atomic E-state index is 2.59. The fraction of sp³-hybridized carbons (Fsp3) is 0.0571. The Labute approximate surface area is 448 Å². The van der Waals surface area contributed by atoms with E-state index in [2.05, 4.69) is 307 Å². The third-order valence-corrected chi connectivity index (χ3v) is 22.1. The van der Waals surface area contributed by atoms with E-state index in [1.807, 2.05) is 27.7 Å². The molecule has 0 saturated heterocycles. The molecule has 0 fully saturated rings. The van der Waals surface area contributed by atoms with Crippen molar-refractivity contribution in [1.82, 2.24) is 0 Å². The van der Waals surface area contributed by atoms with Gasteiger partial charge in [0.15, 0.2) is 0 Å². The summed E-state index contributed by atoms with van der Waals surface area (Å²) in [7, 11) is -3.87. The van der Waals surface area contributed by atoms with Crippen LogP contribution in [0.5, 0.6) is 0 Å². The first kappa shape index (κ1) is 49.0. The minimum atomic E-state index is -1.99. The van der Waals surface area contributed by atoms with Gasteiger partial charge in [0, 0.05) is 73.3 Å². The lowest BCUT2D eigenvalue weighted by atomic mass is 9.33. The van der Waals surface area contributed by atoms with Crippen LogP contribution in [-0.2, 0) is 0 Å². The number of rotatable bonds is 10. The summed E-state index contributed by atoms with van der Waals surface area (Å²) in [5.74, 6) is 0. The van der Waals surface area contributed by atoms with E-state index in [1.165, 1.54) is 78.3 Å². The standard InChI is InChI=1S/C66H49BN2S2.2C2H6/c1-8-25-50(26-9-1)68-62-40-23-22-39-60(62)67-61-49-59(71(55-33-16-5-17-34-55,56-35-18-6-19-36-56)57-37-20-7-21-38-57)47-48-63(61)69(65-42-24-41-64(68)66(65)67)51-43-45-58(46-44-51)70(52-27-10-2-11-28-52,53-29-12-3-13-30-53)54-31-14-4-15-32-54;2*1-2/h1-49H;2*1-2H3. The van der Waals surface area contributed by atoms with Gasteiger partial charge in [0.2, 0.25) is 0 Å². The van der Waals surface area contributed by atoms with Crippen LogP contribution < -0.4 is 26.2 Å². The second kappa shape index (κ2) is 21.7. The third kappa shape index (κ3) is 8.28. The van der Waals surface area contributed by atoms with Crippen LogP contribution in [0.15, 0.2) is 336 Å². The van der Waals surface area contributed by atoms with Gasteiger partial charge in [-0.3, -0.25) is 0 Å². The molecule has 0 radical (unpaired) electrons. The van der Waals surface area contributed by atoms with Crippen molar-refractivity contribution in [2.75, 3.05) is 9.80 Å². The second-order valence-corrected chi connectivity index (χ2v) is 24.2. The molecule has 5 heteroatoms. The zero-order valence-electron chi connectivity index (χ0n) is 43.1. The Bertz CT molecular complexity index is 3440. The van der Waals surface area contributed by atoms with E-state index in [9.17, 15) is 0 Å². The molecule has 0 aromatic heterocycles. The van der Waals surface area contributed by atoms with Crippen molar-refractivity contribution in [2.45, 2.75) is 66.9 Å². The topological polar surface area (TPSA) is 6.48 Å². The van der Waals surface area contributed by atoms with Crippen LogP contribution in [0.1, 0.15) is 27.7 Å². The molecule has 2 aliphatic heterocycles. The predicted molar refractivity (Wildman–Crippen MR) is 323 cm³/mol. The number of anilines is 6. The van der Waals surface area contributed by atoms with Crippen LogP contribution in [-0.4, -0.2) is 6.71 Å². The van der Waals surface area contributed by atoms with Crippen LogP contribution in [0.3, 0.4) is 0 Å². The monoisotopic (exact) mass is 1000 g/mol. The number of benzene rings is 11. The van der Waals surface area contributed by atoms with Crippen LogP contribution in [0.25, 0.3) is 0 Å². The van der Waals surface area contributed by atoms with E-state index in [0.29, 0.717) is 0 Å². The van der Waals surface area contributed by atoms with E-state index >= 15 is 0 Å². The lowest BCUT2D eigenvalue weighted by Crippen LogP contribution is -2.61. The number of hydrogen-bond donors (Lipinski definition) is 0. The molecular weight excluding hydrogens is 944 g/mol. The van der Waals surface area contributed by atoms with Crippen LogP contribution in [0.2, 0.25) is 0 Å². The molecule has 0 atom stereocenters. The minimum absolute atomic E-state index is 0.0337. The highest BCUT2D eigenvalue weighted by atomic mass is 32.3. The van der Waals surface area contributed by atoms with Crippen LogP contribution >= 0.6 is 20.1 Å². The average molecular weight is 1010 g/mol. The summed E-state index contributed by atoms with van der Waals surface area (Å²) in [5, 5.41) is 0. The first-order valence-electron chi connectivity index (χ1n) is 26.3. The number of nitrogens with zero attached hydrogens (tertiary/aromatic N) is 2. The van der Waals surface area contributed by atoms with Gasteiger partial charge in [-0.15, -0.1) is 20.1 Å². The maximum atomic E-state index is 2.59. The largest absolute Gasteiger partial charge is 0.311 e. The molecule has 0 amide bonds. The van der Waals surface area contributed by atoms with Crippen LogP contribution in [0, 0.1) is 0 Å². The lowest BCUT2D eigenvalue weighted by Gasteiger charge is -2.46. The van der Waals surface area contributed by atoms with E-state index in [0.717, 1.165) is 11.4 Å². The van der Waals surface area contributed by atoms with Gasteiger partial charge >= 0.3 is 0 Å². The zero-order chi connectivity index (χ0) is 51.2. The Morgan fingerprint density at radius 3 is 0.947 bits per heavy atom. The summed E-state index contributed by atoms with van der Waals surface area (Å²) >= 11 is 0. The molecule has 11 aromatic carbocycles. The predicted octanol–water partition coefficient (Wildman–Crippen LogP) is 18.5. The van der Waals surface area contributed by atoms with Crippen molar-refractivity contribution in [3.05, 3.63) is 297 Å². The molecule has 0 spiro atoms. The quantitative estimate of drug-likeness (QED) is 0.126. The molecule has 11 aromatic rings. The van der Waals surface area contributed by atoms with Crippen molar-refractivity contribution in [3.63, 3.8) is 0 Å². The first-order valence-corrected chi connectivity index (χ1v) is 29.6. The zero-order valence-corrected chi connectivity index (χ0v) is 44.7. The van der Waals surface area contributed by atoms with Crippen molar-refractivity contribution >= 4 is 77.3 Å². The number of para-hydroxylation sites is 2. The molecule has 0 bridgehead atoms. The molecule has 2 aliphatic rings. The van der Waals surface area contributed by atoms with Gasteiger partial charge in [-0.05, 0) is 156 Å². The summed E-state index contributed by atoms with van der Waals surface area (Å²) in [6, 6.07) is 111. The molecule has 13 rings (SSSR count). The molecule has 0 unspecified atom stereocenters. The Balaban J connectivity index is 0.00000147. The van der Waals surface area contributed by atoms with E-state index in [1.54, 1.807) is 0 Å². The second-order valence-electron chi connectivity index (χ2n) is 18.0. The smallest absolute Gasteiger partial charge is 0.252 e. The highest BCUT2D eigenvalue weighted by Crippen LogP contribution is 2.75. The summed E-state index contributed by atoms with van der Waals surface area (Å²) in [6.07, 6.45) is 0.